The van der Waals surface area contributed by atoms with Gasteiger partial charge in [-0.15, -0.1) is 11.3 Å². The molecule has 0 aliphatic heterocycles. The number of aryl methyl sites for hydroxylation is 1. The second kappa shape index (κ2) is 8.67. The highest BCUT2D eigenvalue weighted by Gasteiger charge is 2.21. The number of carbonyl (C=O) groups is 2. The molecule has 0 aliphatic rings. The predicted octanol–water partition coefficient (Wildman–Crippen LogP) is 3.17. The minimum Gasteiger partial charge on any atom is -0.459 e. The number of amides is 2. The molecule has 0 aliphatic carbocycles. The van der Waals surface area contributed by atoms with Crippen LogP contribution in [0, 0.1) is 29.6 Å². The first-order valence-electron chi connectivity index (χ1n) is 7.55. The topological polar surface area (TPSA) is 110 Å². The Kier molecular flexibility index (Phi) is 6.33. The summed E-state index contributed by atoms with van der Waals surface area (Å²) in [5.74, 6) is -0.453. The Morgan fingerprint density at radius 1 is 1.28 bits per heavy atom. The Balaban J connectivity index is 2.14. The number of furan rings is 1. The molecular weight excluding hydrogens is 340 g/mol. The van der Waals surface area contributed by atoms with E-state index in [0.29, 0.717) is 9.88 Å². The van der Waals surface area contributed by atoms with Crippen LogP contribution in [-0.2, 0) is 0 Å². The van der Waals surface area contributed by atoms with Gasteiger partial charge in [0.2, 0.25) is 0 Å². The van der Waals surface area contributed by atoms with Crippen molar-refractivity contribution in [1.29, 1.82) is 10.5 Å². The molecule has 25 heavy (non-hydrogen) atoms. The number of nitriles is 2. The Morgan fingerprint density at radius 3 is 2.52 bits per heavy atom. The lowest BCUT2D eigenvalue weighted by atomic mass is 10.2. The van der Waals surface area contributed by atoms with Gasteiger partial charge in [0.05, 0.1) is 41.1 Å². The Bertz CT molecular complexity index is 809. The third-order valence-electron chi connectivity index (χ3n) is 3.37. The zero-order valence-corrected chi connectivity index (χ0v) is 14.4. The standard InChI is InChI=1S/C17H16N4O3S/c1-12-11-14(20-16(22)13-5-2-10-24-13)25-15(12)17(23)21(8-3-6-18)9-4-7-19/h2,5,10-11H,3-4,8-9H2,1H3,(H,20,22). The summed E-state index contributed by atoms with van der Waals surface area (Å²) in [6.45, 7) is 2.31. The fourth-order valence-corrected chi connectivity index (χ4v) is 3.20. The Labute approximate surface area is 149 Å². The maximum atomic E-state index is 12.7. The average Bonchev–Trinajstić information content (AvgIpc) is 3.24. The van der Waals surface area contributed by atoms with Crippen molar-refractivity contribution in [2.45, 2.75) is 19.8 Å². The fourth-order valence-electron chi connectivity index (χ4n) is 2.17. The fraction of sp³-hybridized carbons (Fsp3) is 0.294. The van der Waals surface area contributed by atoms with Gasteiger partial charge in [0.15, 0.2) is 5.76 Å². The van der Waals surface area contributed by atoms with E-state index in [1.165, 1.54) is 11.2 Å². The van der Waals surface area contributed by atoms with Crippen LogP contribution in [0.4, 0.5) is 5.00 Å². The first-order chi connectivity index (χ1) is 12.1. The molecule has 0 radical (unpaired) electrons. The number of rotatable bonds is 7. The van der Waals surface area contributed by atoms with Gasteiger partial charge in [-0.2, -0.15) is 10.5 Å². The summed E-state index contributed by atoms with van der Waals surface area (Å²) in [5.41, 5.74) is 0.726. The van der Waals surface area contributed by atoms with Crippen molar-refractivity contribution in [1.82, 2.24) is 4.90 Å². The molecule has 2 amide bonds. The summed E-state index contributed by atoms with van der Waals surface area (Å²) in [5, 5.41) is 20.7. The van der Waals surface area contributed by atoms with E-state index < -0.39 is 5.91 Å². The van der Waals surface area contributed by atoms with E-state index in [-0.39, 0.29) is 37.6 Å². The zero-order valence-electron chi connectivity index (χ0n) is 13.6. The molecule has 0 unspecified atom stereocenters. The summed E-state index contributed by atoms with van der Waals surface area (Å²) >= 11 is 1.16. The number of thiophene rings is 1. The molecule has 128 valence electrons. The molecule has 0 atom stereocenters. The zero-order chi connectivity index (χ0) is 18.2. The van der Waals surface area contributed by atoms with Gasteiger partial charge in [0.1, 0.15) is 0 Å². The van der Waals surface area contributed by atoms with Crippen LogP contribution in [0.3, 0.4) is 0 Å². The first kappa shape index (κ1) is 18.2. The van der Waals surface area contributed by atoms with Crippen LogP contribution in [0.5, 0.6) is 0 Å². The number of hydrogen-bond donors (Lipinski definition) is 1. The summed E-state index contributed by atoms with van der Waals surface area (Å²) in [6.07, 6.45) is 1.80. The van der Waals surface area contributed by atoms with Crippen molar-refractivity contribution in [3.05, 3.63) is 40.7 Å². The van der Waals surface area contributed by atoms with E-state index >= 15 is 0 Å². The van der Waals surface area contributed by atoms with Crippen molar-refractivity contribution in [3.8, 4) is 12.1 Å². The average molecular weight is 356 g/mol. The van der Waals surface area contributed by atoms with E-state index in [9.17, 15) is 9.59 Å². The van der Waals surface area contributed by atoms with Gasteiger partial charge in [-0.25, -0.2) is 0 Å². The normalized spacial score (nSPS) is 9.88. The third-order valence-corrected chi connectivity index (χ3v) is 4.51. The smallest absolute Gasteiger partial charge is 0.291 e. The summed E-state index contributed by atoms with van der Waals surface area (Å²) in [7, 11) is 0. The van der Waals surface area contributed by atoms with Crippen LogP contribution in [0.15, 0.2) is 28.9 Å². The van der Waals surface area contributed by atoms with E-state index in [1.807, 2.05) is 12.1 Å². The van der Waals surface area contributed by atoms with Gasteiger partial charge in [-0.3, -0.25) is 9.59 Å². The number of anilines is 1. The van der Waals surface area contributed by atoms with Gasteiger partial charge >= 0.3 is 0 Å². The highest BCUT2D eigenvalue weighted by atomic mass is 32.1. The molecular formula is C17H16N4O3S. The summed E-state index contributed by atoms with van der Waals surface area (Å²) < 4.78 is 5.03. The number of hydrogen-bond acceptors (Lipinski definition) is 6. The lowest BCUT2D eigenvalue weighted by Crippen LogP contribution is -2.32. The Hall–Kier alpha value is -3.10. The molecule has 0 spiro atoms. The molecule has 0 saturated carbocycles. The highest BCUT2D eigenvalue weighted by Crippen LogP contribution is 2.28. The number of carbonyl (C=O) groups excluding carboxylic acids is 2. The van der Waals surface area contributed by atoms with E-state index in [1.54, 1.807) is 25.1 Å². The maximum Gasteiger partial charge on any atom is 0.291 e. The molecule has 1 N–H and O–H groups in total. The minimum absolute atomic E-state index is 0.184. The second-order valence-electron chi connectivity index (χ2n) is 5.16. The van der Waals surface area contributed by atoms with Crippen LogP contribution in [0.2, 0.25) is 0 Å². The third kappa shape index (κ3) is 4.69. The summed E-state index contributed by atoms with van der Waals surface area (Å²) in [6, 6.07) is 8.88. The number of nitrogens with one attached hydrogen (secondary N) is 1. The van der Waals surface area contributed by atoms with E-state index in [4.69, 9.17) is 14.9 Å². The lowest BCUT2D eigenvalue weighted by molar-refractivity contribution is 0.0766. The minimum atomic E-state index is -0.393. The van der Waals surface area contributed by atoms with Crippen LogP contribution in [0.1, 0.15) is 38.6 Å². The molecule has 8 heteroatoms. The Morgan fingerprint density at radius 2 is 1.96 bits per heavy atom. The van der Waals surface area contributed by atoms with Crippen molar-refractivity contribution >= 4 is 28.2 Å². The predicted molar refractivity (Wildman–Crippen MR) is 92.1 cm³/mol. The van der Waals surface area contributed by atoms with E-state index in [2.05, 4.69) is 5.32 Å². The van der Waals surface area contributed by atoms with Gasteiger partial charge in [0, 0.05) is 13.1 Å². The molecule has 7 nitrogen and oxygen atoms in total. The molecule has 0 fully saturated rings. The highest BCUT2D eigenvalue weighted by molar-refractivity contribution is 7.18. The maximum absolute atomic E-state index is 12.7. The molecule has 2 aromatic rings. The van der Waals surface area contributed by atoms with Crippen molar-refractivity contribution in [2.75, 3.05) is 18.4 Å². The number of nitrogens with zero attached hydrogens (tertiary/aromatic N) is 3. The van der Waals surface area contributed by atoms with Gasteiger partial charge < -0.3 is 14.6 Å². The first-order valence-corrected chi connectivity index (χ1v) is 8.37. The van der Waals surface area contributed by atoms with Gasteiger partial charge in [-0.05, 0) is 30.7 Å². The monoisotopic (exact) mass is 356 g/mol. The quantitative estimate of drug-likeness (QED) is 0.819. The molecule has 0 saturated heterocycles. The van der Waals surface area contributed by atoms with Crippen molar-refractivity contribution in [2.24, 2.45) is 0 Å². The summed E-state index contributed by atoms with van der Waals surface area (Å²) in [4.78, 5) is 26.7. The van der Waals surface area contributed by atoms with Crippen LogP contribution >= 0.6 is 11.3 Å². The van der Waals surface area contributed by atoms with Crippen LogP contribution in [-0.4, -0.2) is 29.8 Å². The largest absolute Gasteiger partial charge is 0.459 e. The van der Waals surface area contributed by atoms with Gasteiger partial charge in [-0.1, -0.05) is 0 Å². The van der Waals surface area contributed by atoms with Crippen LogP contribution in [0.25, 0.3) is 0 Å². The lowest BCUT2D eigenvalue weighted by Gasteiger charge is -2.19. The SMILES string of the molecule is Cc1cc(NC(=O)c2ccco2)sc1C(=O)N(CCC#N)CCC#N. The molecule has 0 aromatic carbocycles. The molecule has 2 heterocycles. The van der Waals surface area contributed by atoms with E-state index in [0.717, 1.165) is 16.9 Å². The van der Waals surface area contributed by atoms with Crippen molar-refractivity contribution in [3.63, 3.8) is 0 Å². The van der Waals surface area contributed by atoms with Gasteiger partial charge in [0.25, 0.3) is 11.8 Å². The molecule has 2 aromatic heterocycles. The van der Waals surface area contributed by atoms with Crippen LogP contribution < -0.4 is 5.32 Å². The van der Waals surface area contributed by atoms with Crippen molar-refractivity contribution < 1.29 is 14.0 Å². The molecule has 0 bridgehead atoms. The second-order valence-corrected chi connectivity index (χ2v) is 6.21. The molecule has 2 rings (SSSR count).